The number of pyridine rings is 1. The summed E-state index contributed by atoms with van der Waals surface area (Å²) in [6, 6.07) is 4.87. The van der Waals surface area contributed by atoms with Gasteiger partial charge in [0, 0.05) is 18.8 Å². The molecule has 106 valence electrons. The summed E-state index contributed by atoms with van der Waals surface area (Å²) < 4.78 is 28.3. The Labute approximate surface area is 117 Å². The van der Waals surface area contributed by atoms with Crippen LogP contribution in [0.4, 0.5) is 8.78 Å². The molecule has 0 saturated heterocycles. The molecule has 2 aromatic heterocycles. The van der Waals surface area contributed by atoms with Crippen molar-refractivity contribution in [3.63, 3.8) is 0 Å². The summed E-state index contributed by atoms with van der Waals surface area (Å²) in [5, 5.41) is 9.17. The zero-order valence-electron chi connectivity index (χ0n) is 10.8. The van der Waals surface area contributed by atoms with Gasteiger partial charge in [-0.15, -0.1) is 0 Å². The number of carboxylic acid groups (broad SMARTS) is 1. The number of benzene rings is 1. The van der Waals surface area contributed by atoms with E-state index >= 15 is 0 Å². The van der Waals surface area contributed by atoms with Crippen LogP contribution in [0.15, 0.2) is 30.5 Å². The van der Waals surface area contributed by atoms with E-state index in [9.17, 15) is 13.6 Å². The summed E-state index contributed by atoms with van der Waals surface area (Å²) >= 11 is 0. The molecule has 7 heteroatoms. The quantitative estimate of drug-likeness (QED) is 0.787. The molecule has 0 unspecified atom stereocenters. The first-order valence-electron chi connectivity index (χ1n) is 5.99. The maximum absolute atomic E-state index is 13.5. The SMILES string of the molecule is Cn1c(-c2cc(F)c(F)cc2C(=O)O)nc2cccnc21. The summed E-state index contributed by atoms with van der Waals surface area (Å²) in [5.74, 6) is -3.49. The third kappa shape index (κ3) is 2.03. The second-order valence-corrected chi connectivity index (χ2v) is 4.46. The average Bonchev–Trinajstić information content (AvgIpc) is 2.79. The fraction of sp³-hybridized carbons (Fsp3) is 0.0714. The average molecular weight is 289 g/mol. The fourth-order valence-electron chi connectivity index (χ4n) is 2.17. The Hall–Kier alpha value is -2.83. The molecule has 2 heterocycles. The maximum atomic E-state index is 13.5. The van der Waals surface area contributed by atoms with Gasteiger partial charge in [0.25, 0.3) is 0 Å². The number of aromatic nitrogens is 3. The van der Waals surface area contributed by atoms with E-state index in [1.165, 1.54) is 4.57 Å². The van der Waals surface area contributed by atoms with Crippen molar-refractivity contribution in [1.29, 1.82) is 0 Å². The van der Waals surface area contributed by atoms with E-state index in [4.69, 9.17) is 5.11 Å². The van der Waals surface area contributed by atoms with E-state index in [-0.39, 0.29) is 17.0 Å². The van der Waals surface area contributed by atoms with Gasteiger partial charge >= 0.3 is 5.97 Å². The lowest BCUT2D eigenvalue weighted by Crippen LogP contribution is -2.05. The van der Waals surface area contributed by atoms with E-state index in [1.807, 2.05) is 0 Å². The second-order valence-electron chi connectivity index (χ2n) is 4.46. The molecular formula is C14H9F2N3O2. The molecule has 21 heavy (non-hydrogen) atoms. The highest BCUT2D eigenvalue weighted by atomic mass is 19.2. The maximum Gasteiger partial charge on any atom is 0.336 e. The molecule has 0 aliphatic rings. The van der Waals surface area contributed by atoms with E-state index in [1.54, 1.807) is 25.4 Å². The van der Waals surface area contributed by atoms with Crippen LogP contribution in [-0.2, 0) is 7.05 Å². The second kappa shape index (κ2) is 4.62. The smallest absolute Gasteiger partial charge is 0.336 e. The first-order valence-corrected chi connectivity index (χ1v) is 5.99. The number of carboxylic acids is 1. The number of hydrogen-bond acceptors (Lipinski definition) is 3. The van der Waals surface area contributed by atoms with Crippen molar-refractivity contribution < 1.29 is 18.7 Å². The number of imidazole rings is 1. The predicted molar refractivity (Wildman–Crippen MR) is 70.8 cm³/mol. The van der Waals surface area contributed by atoms with Gasteiger partial charge in [-0.3, -0.25) is 0 Å². The Morgan fingerprint density at radius 2 is 2.00 bits per heavy atom. The number of aryl methyl sites for hydroxylation is 1. The Bertz CT molecular complexity index is 874. The first kappa shape index (κ1) is 13.2. The van der Waals surface area contributed by atoms with Gasteiger partial charge in [-0.25, -0.2) is 23.5 Å². The van der Waals surface area contributed by atoms with Gasteiger partial charge in [0.2, 0.25) is 0 Å². The topological polar surface area (TPSA) is 68.0 Å². The van der Waals surface area contributed by atoms with Gasteiger partial charge in [0.15, 0.2) is 17.3 Å². The van der Waals surface area contributed by atoms with Crippen molar-refractivity contribution in [2.45, 2.75) is 0 Å². The minimum atomic E-state index is -1.36. The summed E-state index contributed by atoms with van der Waals surface area (Å²) in [4.78, 5) is 19.6. The van der Waals surface area contributed by atoms with Gasteiger partial charge in [-0.05, 0) is 24.3 Å². The number of carbonyl (C=O) groups is 1. The van der Waals surface area contributed by atoms with Crippen molar-refractivity contribution >= 4 is 17.1 Å². The van der Waals surface area contributed by atoms with Crippen LogP contribution in [0.25, 0.3) is 22.6 Å². The van der Waals surface area contributed by atoms with E-state index in [0.29, 0.717) is 17.2 Å². The highest BCUT2D eigenvalue weighted by Gasteiger charge is 2.20. The van der Waals surface area contributed by atoms with Crippen LogP contribution in [0.5, 0.6) is 0 Å². The molecule has 0 bridgehead atoms. The molecule has 0 atom stereocenters. The molecule has 0 radical (unpaired) electrons. The van der Waals surface area contributed by atoms with Gasteiger partial charge in [0.1, 0.15) is 11.3 Å². The van der Waals surface area contributed by atoms with Crippen molar-refractivity contribution in [2.75, 3.05) is 0 Å². The fourth-order valence-corrected chi connectivity index (χ4v) is 2.17. The molecule has 0 saturated carbocycles. The summed E-state index contributed by atoms with van der Waals surface area (Å²) in [6.45, 7) is 0. The molecule has 0 spiro atoms. The molecule has 0 amide bonds. The Balaban J connectivity index is 2.34. The van der Waals surface area contributed by atoms with Crippen LogP contribution < -0.4 is 0 Å². The van der Waals surface area contributed by atoms with E-state index in [2.05, 4.69) is 9.97 Å². The lowest BCUT2D eigenvalue weighted by atomic mass is 10.1. The van der Waals surface area contributed by atoms with Crippen LogP contribution in [0.1, 0.15) is 10.4 Å². The Kier molecular flexibility index (Phi) is 2.90. The normalized spacial score (nSPS) is 11.0. The van der Waals surface area contributed by atoms with Gasteiger partial charge < -0.3 is 9.67 Å². The lowest BCUT2D eigenvalue weighted by molar-refractivity contribution is 0.0697. The third-order valence-corrected chi connectivity index (χ3v) is 3.16. The Morgan fingerprint density at radius 1 is 1.29 bits per heavy atom. The minimum absolute atomic E-state index is 0.00176. The van der Waals surface area contributed by atoms with Crippen LogP contribution in [0.3, 0.4) is 0 Å². The van der Waals surface area contributed by atoms with Crippen LogP contribution >= 0.6 is 0 Å². The summed E-state index contributed by atoms with van der Waals surface area (Å²) in [5.41, 5.74) is 0.707. The largest absolute Gasteiger partial charge is 0.478 e. The van der Waals surface area contributed by atoms with Crippen molar-refractivity contribution in [3.05, 3.63) is 47.7 Å². The molecule has 1 aromatic carbocycles. The number of fused-ring (bicyclic) bond motifs is 1. The highest BCUT2D eigenvalue weighted by molar-refractivity contribution is 5.96. The lowest BCUT2D eigenvalue weighted by Gasteiger charge is -2.07. The predicted octanol–water partition coefficient (Wildman–Crippen LogP) is 2.61. The standard InChI is InChI=1S/C14H9F2N3O2/c1-19-12(18-11-3-2-4-17-13(11)19)7-5-9(15)10(16)6-8(7)14(20)21/h2-6H,1H3,(H,20,21). The minimum Gasteiger partial charge on any atom is -0.478 e. The number of hydrogen-bond donors (Lipinski definition) is 1. The molecule has 5 nitrogen and oxygen atoms in total. The zero-order chi connectivity index (χ0) is 15.1. The number of halogens is 2. The summed E-state index contributed by atoms with van der Waals surface area (Å²) in [6.07, 6.45) is 1.57. The van der Waals surface area contributed by atoms with Crippen molar-refractivity contribution in [2.24, 2.45) is 7.05 Å². The highest BCUT2D eigenvalue weighted by Crippen LogP contribution is 2.27. The number of rotatable bonds is 2. The van der Waals surface area contributed by atoms with Crippen molar-refractivity contribution in [3.8, 4) is 11.4 Å². The van der Waals surface area contributed by atoms with Crippen molar-refractivity contribution in [1.82, 2.24) is 14.5 Å². The van der Waals surface area contributed by atoms with Crippen LogP contribution in [0, 0.1) is 11.6 Å². The number of aromatic carboxylic acids is 1. The monoisotopic (exact) mass is 289 g/mol. The van der Waals surface area contributed by atoms with Gasteiger partial charge in [0.05, 0.1) is 5.56 Å². The third-order valence-electron chi connectivity index (χ3n) is 3.16. The summed E-state index contributed by atoms with van der Waals surface area (Å²) in [7, 11) is 1.63. The molecule has 3 aromatic rings. The van der Waals surface area contributed by atoms with E-state index < -0.39 is 17.6 Å². The van der Waals surface area contributed by atoms with Gasteiger partial charge in [-0.2, -0.15) is 0 Å². The number of nitrogens with zero attached hydrogens (tertiary/aromatic N) is 3. The molecular weight excluding hydrogens is 280 g/mol. The molecule has 0 fully saturated rings. The molecule has 1 N–H and O–H groups in total. The first-order chi connectivity index (χ1) is 9.99. The van der Waals surface area contributed by atoms with Crippen LogP contribution in [-0.4, -0.2) is 25.6 Å². The van der Waals surface area contributed by atoms with Gasteiger partial charge in [-0.1, -0.05) is 0 Å². The van der Waals surface area contributed by atoms with E-state index in [0.717, 1.165) is 6.07 Å². The molecule has 0 aliphatic heterocycles. The Morgan fingerprint density at radius 3 is 2.67 bits per heavy atom. The molecule has 0 aliphatic carbocycles. The molecule has 3 rings (SSSR count). The zero-order valence-corrected chi connectivity index (χ0v) is 10.8. The van der Waals surface area contributed by atoms with Crippen LogP contribution in [0.2, 0.25) is 0 Å².